The summed E-state index contributed by atoms with van der Waals surface area (Å²) < 4.78 is 0.621. The fourth-order valence-electron chi connectivity index (χ4n) is 6.94. The minimum atomic E-state index is -1.79. The fraction of sp³-hybridized carbons (Fsp3) is 0.469. The number of carbonyl (C=O) groups is 5. The molecule has 6 heterocycles. The maximum absolute atomic E-state index is 13.5. The lowest BCUT2D eigenvalue weighted by Crippen LogP contribution is -2.72. The number of hydrogen-bond acceptors (Lipinski definition) is 14. The normalized spacial score (nSPS) is 25.6. The lowest BCUT2D eigenvalue weighted by Gasteiger charge is -2.56. The molecule has 0 saturated carbocycles. The van der Waals surface area contributed by atoms with Gasteiger partial charge in [0.25, 0.3) is 17.7 Å². The second kappa shape index (κ2) is 13.8. The minimum absolute atomic E-state index is 0.00383. The van der Waals surface area contributed by atoms with Crippen LogP contribution in [0.3, 0.4) is 0 Å². The van der Waals surface area contributed by atoms with E-state index in [4.69, 9.17) is 22.2 Å². The molecule has 3 amide bonds. The van der Waals surface area contributed by atoms with Gasteiger partial charge in [-0.1, -0.05) is 16.8 Å². The van der Waals surface area contributed by atoms with Crippen molar-refractivity contribution in [2.45, 2.75) is 50.1 Å². The standard InChI is InChI=1S/C32H36ClN7O10S2/c1-31(2,29(48)49)50-38-20(17-13-52-30(34)36-17)25(44)37-21-26(45)39-22(28(46)47)15(12-51-27(21)39)11-40-8-5-32(6-9-40,7-10-40)14-35-24(43)16-3-4-18(41)23(42)19(16)33/h3-4,13,21,27H,5-12,14H2,1-2H3,(H7-,34,35,36,37,38,41,42,43,44,46,47,48,49)/t21-,27-,32?,40?/m1/s1. The molecule has 20 heteroatoms. The number of phenols is 2. The predicted molar refractivity (Wildman–Crippen MR) is 186 cm³/mol. The molecule has 7 N–H and O–H groups in total. The molecule has 5 aliphatic rings. The quantitative estimate of drug-likeness (QED) is 0.0555. The van der Waals surface area contributed by atoms with Gasteiger partial charge in [-0.15, -0.1) is 23.1 Å². The van der Waals surface area contributed by atoms with Crippen molar-refractivity contribution in [3.63, 3.8) is 0 Å². The molecule has 7 rings (SSSR count). The van der Waals surface area contributed by atoms with Gasteiger partial charge < -0.3 is 50.9 Å². The van der Waals surface area contributed by atoms with Gasteiger partial charge in [-0.3, -0.25) is 19.3 Å². The topological polar surface area (TPSA) is 257 Å². The second-order valence-electron chi connectivity index (χ2n) is 13.9. The van der Waals surface area contributed by atoms with Gasteiger partial charge in [0.15, 0.2) is 22.3 Å². The number of piperidine rings is 3. The summed E-state index contributed by atoms with van der Waals surface area (Å²) in [5.74, 6) is -5.54. The van der Waals surface area contributed by atoms with E-state index in [1.807, 2.05) is 0 Å². The number of aliphatic carboxylic acids is 2. The number of fused-ring (bicyclic) bond motifs is 4. The number of oxime groups is 1. The molecule has 0 radical (unpaired) electrons. The zero-order valence-electron chi connectivity index (χ0n) is 28.0. The Morgan fingerprint density at radius 1 is 1.21 bits per heavy atom. The number of phenolic OH excluding ortho intramolecular Hbond substituents is 2. The van der Waals surface area contributed by atoms with Crippen molar-refractivity contribution in [3.05, 3.63) is 45.1 Å². The van der Waals surface area contributed by atoms with Crippen molar-refractivity contribution in [1.82, 2.24) is 20.5 Å². The number of rotatable bonds is 12. The number of quaternary nitrogens is 1. The van der Waals surface area contributed by atoms with Crippen LogP contribution in [-0.2, 0) is 24.0 Å². The van der Waals surface area contributed by atoms with Crippen molar-refractivity contribution in [2.75, 3.05) is 44.2 Å². The van der Waals surface area contributed by atoms with Crippen molar-refractivity contribution in [2.24, 2.45) is 10.6 Å². The van der Waals surface area contributed by atoms with E-state index in [9.17, 15) is 44.4 Å². The molecule has 5 aliphatic heterocycles. The number of hydrogen-bond donors (Lipinski definition) is 6. The van der Waals surface area contributed by atoms with E-state index in [-0.39, 0.29) is 38.3 Å². The Morgan fingerprint density at radius 3 is 2.48 bits per heavy atom. The summed E-state index contributed by atoms with van der Waals surface area (Å²) >= 11 is 8.39. The third-order valence-corrected chi connectivity index (χ3v) is 12.6. The van der Waals surface area contributed by atoms with Crippen LogP contribution in [0.4, 0.5) is 5.13 Å². The van der Waals surface area contributed by atoms with Gasteiger partial charge in [0.1, 0.15) is 23.7 Å². The Kier molecular flexibility index (Phi) is 9.83. The monoisotopic (exact) mass is 777 g/mol. The molecule has 2 bridgehead atoms. The number of thioether (sulfide) groups is 1. The first-order chi connectivity index (χ1) is 24.5. The number of β-lactam (4-membered cyclic amide) rings is 1. The third-order valence-electron chi connectivity index (χ3n) is 10.2. The van der Waals surface area contributed by atoms with Crippen LogP contribution in [-0.4, -0.2) is 121 Å². The molecule has 4 fully saturated rings. The summed E-state index contributed by atoms with van der Waals surface area (Å²) in [5, 5.41) is 51.3. The highest BCUT2D eigenvalue weighted by molar-refractivity contribution is 8.00. The molecule has 278 valence electrons. The summed E-state index contributed by atoms with van der Waals surface area (Å²) in [5.41, 5.74) is 3.77. The lowest BCUT2D eigenvalue weighted by molar-refractivity contribution is -0.941. The molecule has 0 aliphatic carbocycles. The Bertz CT molecular complexity index is 1910. The van der Waals surface area contributed by atoms with E-state index in [1.54, 1.807) is 0 Å². The van der Waals surface area contributed by atoms with Crippen LogP contribution in [0, 0.1) is 5.41 Å². The molecule has 1 aromatic heterocycles. The van der Waals surface area contributed by atoms with Crippen molar-refractivity contribution >= 4 is 75.2 Å². The van der Waals surface area contributed by atoms with E-state index in [0.717, 1.165) is 55.1 Å². The average Bonchev–Trinajstić information content (AvgIpc) is 3.54. The van der Waals surface area contributed by atoms with Gasteiger partial charge in [0.05, 0.1) is 41.9 Å². The summed E-state index contributed by atoms with van der Waals surface area (Å²) in [7, 11) is 0. The number of nitrogens with zero attached hydrogens (tertiary/aromatic N) is 4. The summed E-state index contributed by atoms with van der Waals surface area (Å²) in [6, 6.07) is 1.42. The maximum Gasteiger partial charge on any atom is 0.350 e. The highest BCUT2D eigenvalue weighted by atomic mass is 35.5. The Labute approximate surface area is 310 Å². The van der Waals surface area contributed by atoms with E-state index >= 15 is 0 Å². The number of amides is 3. The van der Waals surface area contributed by atoms with Gasteiger partial charge in [0, 0.05) is 47.9 Å². The average molecular weight is 778 g/mol. The Hall–Kier alpha value is -4.59. The number of carbonyl (C=O) groups excluding carboxylic acids is 4. The predicted octanol–water partition coefficient (Wildman–Crippen LogP) is 0.208. The van der Waals surface area contributed by atoms with Crippen molar-refractivity contribution in [1.29, 1.82) is 0 Å². The molecular formula is C32H36ClN7O10S2. The number of benzene rings is 1. The molecule has 17 nitrogen and oxygen atoms in total. The number of aromatic nitrogens is 1. The van der Waals surface area contributed by atoms with Gasteiger partial charge >= 0.3 is 5.97 Å². The SMILES string of the molecule is CC(C)(O/N=C(\C(=O)N[C@@H]1C(=O)N2C(C(=O)[O-])=C(C[N+]34CCC(CNC(=O)c5ccc(O)c(O)c5Cl)(CC3)CC4)CS[C@H]12)c1csc(N)n1)C(=O)O. The number of carboxylic acids is 2. The van der Waals surface area contributed by atoms with Crippen LogP contribution >= 0.6 is 34.7 Å². The van der Waals surface area contributed by atoms with Crippen LogP contribution in [0.2, 0.25) is 5.02 Å². The summed E-state index contributed by atoms with van der Waals surface area (Å²) in [6.07, 6.45) is 2.30. The van der Waals surface area contributed by atoms with E-state index in [1.165, 1.54) is 43.1 Å². The van der Waals surface area contributed by atoms with Gasteiger partial charge in [-0.05, 0) is 26.0 Å². The molecule has 52 heavy (non-hydrogen) atoms. The number of thiazole rings is 1. The van der Waals surface area contributed by atoms with Gasteiger partial charge in [-0.25, -0.2) is 9.78 Å². The van der Waals surface area contributed by atoms with E-state index in [2.05, 4.69) is 20.8 Å². The molecule has 2 aromatic rings. The van der Waals surface area contributed by atoms with Gasteiger partial charge in [-0.2, -0.15) is 0 Å². The number of anilines is 1. The van der Waals surface area contributed by atoms with Crippen LogP contribution < -0.4 is 21.5 Å². The lowest BCUT2D eigenvalue weighted by atomic mass is 9.70. The van der Waals surface area contributed by atoms with Crippen LogP contribution in [0.5, 0.6) is 11.5 Å². The molecule has 1 aromatic carbocycles. The highest BCUT2D eigenvalue weighted by Crippen LogP contribution is 2.46. The van der Waals surface area contributed by atoms with Crippen molar-refractivity contribution < 1.29 is 53.7 Å². The third kappa shape index (κ3) is 6.84. The number of halogens is 1. The van der Waals surface area contributed by atoms with Crippen LogP contribution in [0.1, 0.15) is 49.2 Å². The van der Waals surface area contributed by atoms with E-state index in [0.29, 0.717) is 23.1 Å². The number of carboxylic acid groups (broad SMARTS) is 2. The molecule has 0 unspecified atom stereocenters. The first kappa shape index (κ1) is 37.2. The molecule has 4 saturated heterocycles. The first-order valence-electron chi connectivity index (χ1n) is 16.2. The van der Waals surface area contributed by atoms with Crippen molar-refractivity contribution in [3.8, 4) is 11.5 Å². The number of aromatic hydroxyl groups is 2. The van der Waals surface area contributed by atoms with Crippen LogP contribution in [0.15, 0.2) is 33.9 Å². The second-order valence-corrected chi connectivity index (χ2v) is 16.3. The highest BCUT2D eigenvalue weighted by Gasteiger charge is 2.55. The number of nitrogen functional groups attached to an aromatic ring is 1. The fourth-order valence-corrected chi connectivity index (χ4v) is 9.06. The Balaban J connectivity index is 1.11. The van der Waals surface area contributed by atoms with E-state index < -0.39 is 63.9 Å². The molecule has 2 atom stereocenters. The Morgan fingerprint density at radius 2 is 1.88 bits per heavy atom. The smallest absolute Gasteiger partial charge is 0.350 e. The summed E-state index contributed by atoms with van der Waals surface area (Å²) in [6.45, 7) is 5.44. The zero-order chi connectivity index (χ0) is 37.7. The maximum atomic E-state index is 13.5. The summed E-state index contributed by atoms with van der Waals surface area (Å²) in [4.78, 5) is 74.1. The first-order valence-corrected chi connectivity index (χ1v) is 18.5. The minimum Gasteiger partial charge on any atom is -0.543 e. The van der Waals surface area contributed by atoms with Crippen LogP contribution in [0.25, 0.3) is 0 Å². The molecule has 0 spiro atoms. The number of nitrogens with one attached hydrogen (secondary N) is 2. The number of nitrogens with two attached hydrogens (primary N) is 1. The zero-order valence-corrected chi connectivity index (χ0v) is 30.4. The largest absolute Gasteiger partial charge is 0.543 e. The molecular weight excluding hydrogens is 742 g/mol. The van der Waals surface area contributed by atoms with Gasteiger partial charge in [0.2, 0.25) is 5.60 Å².